The van der Waals surface area contributed by atoms with Crippen molar-refractivity contribution < 1.29 is 14.6 Å². The van der Waals surface area contributed by atoms with Gasteiger partial charge in [0.1, 0.15) is 12.7 Å². The fourth-order valence-corrected chi connectivity index (χ4v) is 3.84. The van der Waals surface area contributed by atoms with E-state index < -0.39 is 6.10 Å². The lowest BCUT2D eigenvalue weighted by atomic mass is 10.1. The van der Waals surface area contributed by atoms with E-state index in [1.54, 1.807) is 7.11 Å². The van der Waals surface area contributed by atoms with Gasteiger partial charge in [-0.1, -0.05) is 18.9 Å². The molecule has 25 heavy (non-hydrogen) atoms. The van der Waals surface area contributed by atoms with Crippen LogP contribution in [-0.2, 0) is 6.54 Å². The van der Waals surface area contributed by atoms with Crippen LogP contribution in [0.15, 0.2) is 18.2 Å². The number of rotatable bonds is 9. The van der Waals surface area contributed by atoms with Gasteiger partial charge >= 0.3 is 0 Å². The third-order valence-electron chi connectivity index (χ3n) is 5.28. The number of β-amino-alcohol motifs (C(OH)–C–C–N with tert-alkyl or cyclic N) is 1. The third kappa shape index (κ3) is 5.59. The number of ether oxygens (including phenoxy) is 2. The minimum atomic E-state index is -0.466. The van der Waals surface area contributed by atoms with Crippen molar-refractivity contribution >= 4 is 0 Å². The molecule has 2 N–H and O–H groups in total. The van der Waals surface area contributed by atoms with Crippen LogP contribution in [0.4, 0.5) is 0 Å². The second kappa shape index (κ2) is 9.41. The molecule has 2 aliphatic rings. The van der Waals surface area contributed by atoms with Crippen LogP contribution in [0, 0.1) is 0 Å². The van der Waals surface area contributed by atoms with E-state index in [9.17, 15) is 5.11 Å². The average molecular weight is 348 g/mol. The maximum absolute atomic E-state index is 10.2. The Morgan fingerprint density at radius 2 is 1.92 bits per heavy atom. The molecule has 0 aromatic heterocycles. The highest BCUT2D eigenvalue weighted by Crippen LogP contribution is 2.28. The van der Waals surface area contributed by atoms with Gasteiger partial charge < -0.3 is 24.8 Å². The summed E-state index contributed by atoms with van der Waals surface area (Å²) < 4.78 is 11.3. The first-order valence-corrected chi connectivity index (χ1v) is 9.68. The molecule has 3 rings (SSSR count). The van der Waals surface area contributed by atoms with Crippen LogP contribution in [0.5, 0.6) is 11.5 Å². The minimum Gasteiger partial charge on any atom is -0.493 e. The Balaban J connectivity index is 1.48. The Kier molecular flexibility index (Phi) is 6.96. The van der Waals surface area contributed by atoms with E-state index in [1.807, 2.05) is 12.1 Å². The highest BCUT2D eigenvalue weighted by molar-refractivity contribution is 5.43. The van der Waals surface area contributed by atoms with Crippen molar-refractivity contribution in [3.8, 4) is 11.5 Å². The van der Waals surface area contributed by atoms with Gasteiger partial charge in [-0.3, -0.25) is 0 Å². The predicted molar refractivity (Wildman–Crippen MR) is 99.3 cm³/mol. The van der Waals surface area contributed by atoms with Gasteiger partial charge in [-0.05, 0) is 56.5 Å². The summed E-state index contributed by atoms with van der Waals surface area (Å²) in [6, 6.07) is 6.71. The number of nitrogens with zero attached hydrogens (tertiary/aromatic N) is 1. The summed E-state index contributed by atoms with van der Waals surface area (Å²) in [5, 5.41) is 13.8. The lowest BCUT2D eigenvalue weighted by Crippen LogP contribution is -2.33. The number of hydrogen-bond donors (Lipinski definition) is 2. The van der Waals surface area contributed by atoms with Crippen molar-refractivity contribution in [1.82, 2.24) is 10.2 Å². The van der Waals surface area contributed by atoms with Crippen LogP contribution in [0.25, 0.3) is 0 Å². The van der Waals surface area contributed by atoms with Crippen molar-refractivity contribution in [2.24, 2.45) is 0 Å². The molecule has 2 fully saturated rings. The summed E-state index contributed by atoms with van der Waals surface area (Å²) in [5.41, 5.74) is 1.20. The summed E-state index contributed by atoms with van der Waals surface area (Å²) in [6.07, 6.45) is 7.25. The van der Waals surface area contributed by atoms with E-state index >= 15 is 0 Å². The number of aliphatic hydroxyl groups is 1. The Morgan fingerprint density at radius 1 is 1.16 bits per heavy atom. The standard InChI is InChI=1S/C20H32N2O3/c1-24-20-12-16(13-21-17-6-2-3-7-17)8-9-19(20)25-15-18(23)14-22-10-4-5-11-22/h8-9,12,17-18,21,23H,2-7,10-11,13-15H2,1H3. The molecule has 0 spiro atoms. The van der Waals surface area contributed by atoms with Gasteiger partial charge in [0.25, 0.3) is 0 Å². The molecule has 1 saturated heterocycles. The van der Waals surface area contributed by atoms with Gasteiger partial charge in [0.15, 0.2) is 11.5 Å². The maximum atomic E-state index is 10.2. The molecule has 1 aromatic carbocycles. The van der Waals surface area contributed by atoms with Gasteiger partial charge in [0.05, 0.1) is 7.11 Å². The van der Waals surface area contributed by atoms with Crippen molar-refractivity contribution in [3.05, 3.63) is 23.8 Å². The molecule has 1 atom stereocenters. The zero-order chi connectivity index (χ0) is 17.5. The Bertz CT molecular complexity index is 526. The zero-order valence-corrected chi connectivity index (χ0v) is 15.4. The summed E-state index contributed by atoms with van der Waals surface area (Å²) in [7, 11) is 1.66. The fourth-order valence-electron chi connectivity index (χ4n) is 3.84. The number of methoxy groups -OCH3 is 1. The first kappa shape index (κ1) is 18.5. The van der Waals surface area contributed by atoms with E-state index in [1.165, 1.54) is 44.1 Å². The molecule has 0 amide bonds. The van der Waals surface area contributed by atoms with Crippen molar-refractivity contribution in [1.29, 1.82) is 0 Å². The van der Waals surface area contributed by atoms with E-state index in [4.69, 9.17) is 9.47 Å². The van der Waals surface area contributed by atoms with Crippen LogP contribution in [0.3, 0.4) is 0 Å². The number of likely N-dealkylation sites (tertiary alicyclic amines) is 1. The highest BCUT2D eigenvalue weighted by Gasteiger charge is 2.17. The Labute approximate surface area is 151 Å². The number of hydrogen-bond acceptors (Lipinski definition) is 5. The highest BCUT2D eigenvalue weighted by atomic mass is 16.5. The first-order chi connectivity index (χ1) is 12.2. The molecular formula is C20H32N2O3. The van der Waals surface area contributed by atoms with E-state index in [-0.39, 0.29) is 0 Å². The quantitative estimate of drug-likeness (QED) is 0.718. The van der Waals surface area contributed by atoms with Gasteiger partial charge in [0.2, 0.25) is 0 Å². The van der Waals surface area contributed by atoms with Crippen LogP contribution < -0.4 is 14.8 Å². The Morgan fingerprint density at radius 3 is 2.64 bits per heavy atom. The minimum absolute atomic E-state index is 0.298. The van der Waals surface area contributed by atoms with E-state index in [2.05, 4.69) is 16.3 Å². The summed E-state index contributed by atoms with van der Waals surface area (Å²) in [5.74, 6) is 1.44. The monoisotopic (exact) mass is 348 g/mol. The summed E-state index contributed by atoms with van der Waals surface area (Å²) in [6.45, 7) is 4.02. The van der Waals surface area contributed by atoms with Crippen LogP contribution in [0.2, 0.25) is 0 Å². The molecule has 5 nitrogen and oxygen atoms in total. The third-order valence-corrected chi connectivity index (χ3v) is 5.28. The lowest BCUT2D eigenvalue weighted by molar-refractivity contribution is 0.0747. The first-order valence-electron chi connectivity index (χ1n) is 9.68. The molecule has 1 saturated carbocycles. The van der Waals surface area contributed by atoms with Crippen LogP contribution in [-0.4, -0.2) is 55.5 Å². The Hall–Kier alpha value is -1.30. The molecule has 1 heterocycles. The molecule has 1 aliphatic heterocycles. The smallest absolute Gasteiger partial charge is 0.161 e. The largest absolute Gasteiger partial charge is 0.493 e. The van der Waals surface area contributed by atoms with Crippen molar-refractivity contribution in [2.75, 3.05) is 33.4 Å². The van der Waals surface area contributed by atoms with E-state index in [0.29, 0.717) is 24.9 Å². The molecule has 5 heteroatoms. The fraction of sp³-hybridized carbons (Fsp3) is 0.700. The molecule has 140 valence electrons. The SMILES string of the molecule is COc1cc(CNC2CCCC2)ccc1OCC(O)CN1CCCC1. The van der Waals surface area contributed by atoms with E-state index in [0.717, 1.165) is 25.4 Å². The van der Waals surface area contributed by atoms with Crippen molar-refractivity contribution in [2.45, 2.75) is 57.2 Å². The summed E-state index contributed by atoms with van der Waals surface area (Å²) in [4.78, 5) is 2.29. The van der Waals surface area contributed by atoms with Gasteiger partial charge in [0, 0.05) is 19.1 Å². The van der Waals surface area contributed by atoms with Crippen LogP contribution in [0.1, 0.15) is 44.1 Å². The second-order valence-corrected chi connectivity index (χ2v) is 7.32. The average Bonchev–Trinajstić information content (AvgIpc) is 3.32. The molecule has 0 bridgehead atoms. The zero-order valence-electron chi connectivity index (χ0n) is 15.4. The number of aliphatic hydroxyl groups excluding tert-OH is 1. The molecule has 1 aromatic rings. The van der Waals surface area contributed by atoms with Gasteiger partial charge in [-0.2, -0.15) is 0 Å². The molecule has 0 radical (unpaired) electrons. The lowest BCUT2D eigenvalue weighted by Gasteiger charge is -2.20. The normalized spacial score (nSPS) is 20.1. The van der Waals surface area contributed by atoms with Crippen LogP contribution >= 0.6 is 0 Å². The molecule has 1 unspecified atom stereocenters. The molecular weight excluding hydrogens is 316 g/mol. The number of benzene rings is 1. The molecule has 1 aliphatic carbocycles. The predicted octanol–water partition coefficient (Wildman–Crippen LogP) is 2.56. The van der Waals surface area contributed by atoms with Gasteiger partial charge in [-0.25, -0.2) is 0 Å². The number of nitrogens with one attached hydrogen (secondary N) is 1. The van der Waals surface area contributed by atoms with Crippen molar-refractivity contribution in [3.63, 3.8) is 0 Å². The topological polar surface area (TPSA) is 54.0 Å². The van der Waals surface area contributed by atoms with Gasteiger partial charge in [-0.15, -0.1) is 0 Å². The maximum Gasteiger partial charge on any atom is 0.161 e. The summed E-state index contributed by atoms with van der Waals surface area (Å²) >= 11 is 0. The second-order valence-electron chi connectivity index (χ2n) is 7.32.